The first-order valence-corrected chi connectivity index (χ1v) is 4.49. The lowest BCUT2D eigenvalue weighted by molar-refractivity contribution is -0.00780. The molecule has 0 bridgehead atoms. The van der Waals surface area contributed by atoms with Gasteiger partial charge in [0.1, 0.15) is 0 Å². The van der Waals surface area contributed by atoms with Gasteiger partial charge in [-0.15, -0.1) is 0 Å². The summed E-state index contributed by atoms with van der Waals surface area (Å²) in [4.78, 5) is 5.07. The molecule has 0 saturated carbocycles. The maximum atomic E-state index is 9.21. The second kappa shape index (κ2) is 3.90. The molecular weight excluding hydrogens is 154 g/mol. The van der Waals surface area contributed by atoms with Gasteiger partial charge in [-0.05, 0) is 19.3 Å². The van der Waals surface area contributed by atoms with Gasteiger partial charge in [-0.25, -0.2) is 0 Å². The zero-order valence-electron chi connectivity index (χ0n) is 7.95. The molecule has 0 aromatic heterocycles. The Hall–Kier alpha value is -0.570. The van der Waals surface area contributed by atoms with E-state index >= 15 is 0 Å². The molecule has 1 N–H and O–H groups in total. The van der Waals surface area contributed by atoms with Crippen molar-refractivity contribution in [2.45, 2.75) is 45.8 Å². The summed E-state index contributed by atoms with van der Waals surface area (Å²) in [5.74, 6) is 0.611. The third kappa shape index (κ3) is 2.48. The molecule has 0 amide bonds. The monoisotopic (exact) mass is 171 g/mol. The molecule has 1 aliphatic rings. The van der Waals surface area contributed by atoms with Gasteiger partial charge in [0, 0.05) is 6.42 Å². The summed E-state index contributed by atoms with van der Waals surface area (Å²) in [6.45, 7) is 6.04. The molecule has 3 heteroatoms. The van der Waals surface area contributed by atoms with Crippen LogP contribution in [0.15, 0.2) is 5.16 Å². The number of aliphatic hydroxyl groups is 1. The molecule has 0 aromatic carbocycles. The van der Waals surface area contributed by atoms with Gasteiger partial charge in [0.2, 0.25) is 0 Å². The van der Waals surface area contributed by atoms with Crippen LogP contribution in [0.4, 0.5) is 0 Å². The van der Waals surface area contributed by atoms with Gasteiger partial charge in [-0.1, -0.05) is 19.0 Å². The summed E-state index contributed by atoms with van der Waals surface area (Å²) in [5.41, 5.74) is 1.08. The molecule has 0 spiro atoms. The van der Waals surface area contributed by atoms with E-state index in [0.717, 1.165) is 18.6 Å². The Morgan fingerprint density at radius 1 is 1.58 bits per heavy atom. The molecule has 1 heterocycles. The van der Waals surface area contributed by atoms with Gasteiger partial charge in [0.15, 0.2) is 6.10 Å². The summed E-state index contributed by atoms with van der Waals surface area (Å²) < 4.78 is 0. The highest BCUT2D eigenvalue weighted by Crippen LogP contribution is 2.18. The smallest absolute Gasteiger partial charge is 0.158 e. The largest absolute Gasteiger partial charge is 0.389 e. The van der Waals surface area contributed by atoms with Crippen molar-refractivity contribution in [2.75, 3.05) is 0 Å². The molecule has 0 radical (unpaired) electrons. The molecule has 12 heavy (non-hydrogen) atoms. The predicted molar refractivity (Wildman–Crippen MR) is 48.1 cm³/mol. The normalized spacial score (nSPS) is 25.4. The van der Waals surface area contributed by atoms with Gasteiger partial charge in [-0.3, -0.25) is 0 Å². The lowest BCUT2D eigenvalue weighted by Crippen LogP contribution is -2.22. The molecule has 1 unspecified atom stereocenters. The molecule has 0 aromatic rings. The zero-order valence-corrected chi connectivity index (χ0v) is 7.95. The van der Waals surface area contributed by atoms with Crippen LogP contribution in [-0.4, -0.2) is 23.0 Å². The lowest BCUT2D eigenvalue weighted by Gasteiger charge is -2.10. The average molecular weight is 171 g/mol. The van der Waals surface area contributed by atoms with E-state index < -0.39 is 6.10 Å². The number of hydrogen-bond donors (Lipinski definition) is 1. The Morgan fingerprint density at radius 3 is 2.67 bits per heavy atom. The first-order chi connectivity index (χ1) is 5.59. The van der Waals surface area contributed by atoms with E-state index in [0.29, 0.717) is 5.92 Å². The van der Waals surface area contributed by atoms with Crippen molar-refractivity contribution in [2.24, 2.45) is 11.1 Å². The molecule has 0 saturated heterocycles. The maximum Gasteiger partial charge on any atom is 0.158 e. The van der Waals surface area contributed by atoms with E-state index in [9.17, 15) is 5.11 Å². The second-order valence-electron chi connectivity index (χ2n) is 3.84. The van der Waals surface area contributed by atoms with E-state index in [-0.39, 0.29) is 6.10 Å². The van der Waals surface area contributed by atoms with Crippen molar-refractivity contribution in [1.82, 2.24) is 0 Å². The Bertz CT molecular complexity index is 175. The Labute approximate surface area is 73.4 Å². The SMILES string of the molecule is CC(C)CC1=NOC([C@@H](C)O)C1. The number of aliphatic hydroxyl groups excluding tert-OH is 1. The zero-order chi connectivity index (χ0) is 9.14. The number of nitrogens with zero attached hydrogens (tertiary/aromatic N) is 1. The van der Waals surface area contributed by atoms with E-state index in [4.69, 9.17) is 4.84 Å². The molecule has 70 valence electrons. The van der Waals surface area contributed by atoms with Crippen molar-refractivity contribution in [3.05, 3.63) is 0 Å². The highest BCUT2D eigenvalue weighted by Gasteiger charge is 2.25. The van der Waals surface area contributed by atoms with Gasteiger partial charge in [0.05, 0.1) is 11.8 Å². The van der Waals surface area contributed by atoms with Crippen LogP contribution in [0.25, 0.3) is 0 Å². The summed E-state index contributed by atoms with van der Waals surface area (Å²) in [7, 11) is 0. The van der Waals surface area contributed by atoms with Crippen molar-refractivity contribution < 1.29 is 9.94 Å². The summed E-state index contributed by atoms with van der Waals surface area (Å²) in [6.07, 6.45) is 1.23. The van der Waals surface area contributed by atoms with Crippen LogP contribution in [-0.2, 0) is 4.84 Å². The topological polar surface area (TPSA) is 41.8 Å². The first-order valence-electron chi connectivity index (χ1n) is 4.49. The molecule has 2 atom stereocenters. The predicted octanol–water partition coefficient (Wildman–Crippen LogP) is 1.56. The van der Waals surface area contributed by atoms with Crippen LogP contribution >= 0.6 is 0 Å². The van der Waals surface area contributed by atoms with Crippen molar-refractivity contribution in [1.29, 1.82) is 0 Å². The third-order valence-corrected chi connectivity index (χ3v) is 1.94. The van der Waals surface area contributed by atoms with Gasteiger partial charge in [-0.2, -0.15) is 0 Å². The Morgan fingerprint density at radius 2 is 2.25 bits per heavy atom. The minimum absolute atomic E-state index is 0.112. The van der Waals surface area contributed by atoms with Crippen LogP contribution in [0, 0.1) is 5.92 Å². The van der Waals surface area contributed by atoms with E-state index in [1.807, 2.05) is 0 Å². The van der Waals surface area contributed by atoms with E-state index in [2.05, 4.69) is 19.0 Å². The quantitative estimate of drug-likeness (QED) is 0.700. The average Bonchev–Trinajstić information content (AvgIpc) is 2.34. The molecule has 0 fully saturated rings. The van der Waals surface area contributed by atoms with Crippen LogP contribution in [0.5, 0.6) is 0 Å². The fourth-order valence-corrected chi connectivity index (χ4v) is 1.30. The van der Waals surface area contributed by atoms with Gasteiger partial charge in [0.25, 0.3) is 0 Å². The van der Waals surface area contributed by atoms with Crippen molar-refractivity contribution in [3.63, 3.8) is 0 Å². The molecule has 1 rings (SSSR count). The minimum Gasteiger partial charge on any atom is -0.389 e. The Kier molecular flexibility index (Phi) is 3.09. The summed E-state index contributed by atoms with van der Waals surface area (Å²) in [5, 5.41) is 13.1. The number of rotatable bonds is 3. The van der Waals surface area contributed by atoms with Gasteiger partial charge >= 0.3 is 0 Å². The fourth-order valence-electron chi connectivity index (χ4n) is 1.30. The summed E-state index contributed by atoms with van der Waals surface area (Å²) in [6, 6.07) is 0. The van der Waals surface area contributed by atoms with E-state index in [1.165, 1.54) is 0 Å². The van der Waals surface area contributed by atoms with Gasteiger partial charge < -0.3 is 9.94 Å². The second-order valence-corrected chi connectivity index (χ2v) is 3.84. The van der Waals surface area contributed by atoms with Crippen LogP contribution in [0.3, 0.4) is 0 Å². The summed E-state index contributed by atoms with van der Waals surface area (Å²) >= 11 is 0. The Balaban J connectivity index is 2.33. The van der Waals surface area contributed by atoms with Crippen LogP contribution in [0.1, 0.15) is 33.6 Å². The molecule has 0 aliphatic carbocycles. The standard InChI is InChI=1S/C9H17NO2/c1-6(2)4-8-5-9(7(3)11)12-10-8/h6-7,9,11H,4-5H2,1-3H3/t7-,9?/m1/s1. The van der Waals surface area contributed by atoms with Crippen LogP contribution in [0.2, 0.25) is 0 Å². The maximum absolute atomic E-state index is 9.21. The molecular formula is C9H17NO2. The minimum atomic E-state index is -0.418. The fraction of sp³-hybridized carbons (Fsp3) is 0.889. The third-order valence-electron chi connectivity index (χ3n) is 1.94. The molecule has 3 nitrogen and oxygen atoms in total. The van der Waals surface area contributed by atoms with Crippen LogP contribution < -0.4 is 0 Å². The highest BCUT2D eigenvalue weighted by molar-refractivity contribution is 5.85. The van der Waals surface area contributed by atoms with Crippen molar-refractivity contribution >= 4 is 5.71 Å². The first kappa shape index (κ1) is 9.52. The highest BCUT2D eigenvalue weighted by atomic mass is 16.6. The lowest BCUT2D eigenvalue weighted by atomic mass is 10.0. The molecule has 1 aliphatic heterocycles. The van der Waals surface area contributed by atoms with E-state index in [1.54, 1.807) is 6.92 Å². The van der Waals surface area contributed by atoms with Crippen molar-refractivity contribution in [3.8, 4) is 0 Å². The number of oxime groups is 1. The number of hydrogen-bond acceptors (Lipinski definition) is 3.